The van der Waals surface area contributed by atoms with Crippen molar-refractivity contribution in [2.45, 2.75) is 31.7 Å². The molecule has 21 heavy (non-hydrogen) atoms. The Bertz CT molecular complexity index is 725. The number of hydrogen-bond donors (Lipinski definition) is 0. The fourth-order valence-corrected chi connectivity index (χ4v) is 2.87. The number of ether oxygens (including phenoxy) is 1. The second-order valence-electron chi connectivity index (χ2n) is 5.18. The minimum Gasteiger partial charge on any atom is -0.485 e. The SMILES string of the molecule is O=c1c2cc(Br)ccc2c(OCC(F)F)cn1C1CCC1. The molecule has 0 spiro atoms. The van der Waals surface area contributed by atoms with Crippen LogP contribution >= 0.6 is 15.9 Å². The summed E-state index contributed by atoms with van der Waals surface area (Å²) < 4.78 is 32.4. The highest BCUT2D eigenvalue weighted by Gasteiger charge is 2.23. The molecule has 3 nitrogen and oxygen atoms in total. The molecular weight excluding hydrogens is 344 g/mol. The van der Waals surface area contributed by atoms with Crippen molar-refractivity contribution in [3.8, 4) is 5.75 Å². The number of benzene rings is 1. The van der Waals surface area contributed by atoms with Crippen molar-refractivity contribution in [2.75, 3.05) is 6.61 Å². The quantitative estimate of drug-likeness (QED) is 0.823. The normalized spacial score (nSPS) is 15.4. The summed E-state index contributed by atoms with van der Waals surface area (Å²) in [7, 11) is 0. The zero-order chi connectivity index (χ0) is 15.0. The van der Waals surface area contributed by atoms with E-state index in [4.69, 9.17) is 4.74 Å². The molecule has 1 heterocycles. The maximum atomic E-state index is 12.5. The number of pyridine rings is 1. The van der Waals surface area contributed by atoms with Crippen LogP contribution in [0.5, 0.6) is 5.75 Å². The van der Waals surface area contributed by atoms with Crippen molar-refractivity contribution < 1.29 is 13.5 Å². The van der Waals surface area contributed by atoms with Crippen LogP contribution in [-0.4, -0.2) is 17.6 Å². The molecule has 1 aliphatic carbocycles. The van der Waals surface area contributed by atoms with E-state index in [-0.39, 0.29) is 11.6 Å². The van der Waals surface area contributed by atoms with Crippen LogP contribution in [0, 0.1) is 0 Å². The minimum absolute atomic E-state index is 0.0969. The van der Waals surface area contributed by atoms with Crippen LogP contribution in [0.15, 0.2) is 33.7 Å². The second kappa shape index (κ2) is 5.75. The van der Waals surface area contributed by atoms with Gasteiger partial charge in [0.25, 0.3) is 12.0 Å². The lowest BCUT2D eigenvalue weighted by Crippen LogP contribution is -2.29. The van der Waals surface area contributed by atoms with Crippen molar-refractivity contribution in [2.24, 2.45) is 0 Å². The lowest BCUT2D eigenvalue weighted by molar-refractivity contribution is 0.0821. The van der Waals surface area contributed by atoms with Gasteiger partial charge in [-0.1, -0.05) is 15.9 Å². The number of fused-ring (bicyclic) bond motifs is 1. The third-order valence-electron chi connectivity index (χ3n) is 3.80. The zero-order valence-electron chi connectivity index (χ0n) is 11.2. The number of alkyl halides is 2. The van der Waals surface area contributed by atoms with Gasteiger partial charge in [-0.05, 0) is 37.5 Å². The number of aromatic nitrogens is 1. The highest BCUT2D eigenvalue weighted by Crippen LogP contribution is 2.33. The molecule has 0 radical (unpaired) electrons. The van der Waals surface area contributed by atoms with Gasteiger partial charge < -0.3 is 9.30 Å². The van der Waals surface area contributed by atoms with Gasteiger partial charge in [-0.15, -0.1) is 0 Å². The summed E-state index contributed by atoms with van der Waals surface area (Å²) in [6.45, 7) is -0.673. The summed E-state index contributed by atoms with van der Waals surface area (Å²) in [6.07, 6.45) is 1.99. The third kappa shape index (κ3) is 2.81. The molecule has 1 saturated carbocycles. The second-order valence-corrected chi connectivity index (χ2v) is 6.10. The van der Waals surface area contributed by atoms with Crippen molar-refractivity contribution in [3.63, 3.8) is 0 Å². The summed E-state index contributed by atoms with van der Waals surface area (Å²) in [4.78, 5) is 12.5. The first kappa shape index (κ1) is 14.5. The fraction of sp³-hybridized carbons (Fsp3) is 0.400. The summed E-state index contributed by atoms with van der Waals surface area (Å²) in [5.41, 5.74) is -0.0969. The number of hydrogen-bond acceptors (Lipinski definition) is 2. The van der Waals surface area contributed by atoms with Crippen LogP contribution in [0.25, 0.3) is 10.8 Å². The van der Waals surface area contributed by atoms with Gasteiger partial charge in [0.2, 0.25) is 0 Å². The molecule has 1 aliphatic rings. The fourth-order valence-electron chi connectivity index (χ4n) is 2.51. The maximum absolute atomic E-state index is 12.5. The van der Waals surface area contributed by atoms with Crippen LogP contribution in [0.3, 0.4) is 0 Å². The molecule has 0 N–H and O–H groups in total. The van der Waals surface area contributed by atoms with Crippen LogP contribution in [0.2, 0.25) is 0 Å². The van der Waals surface area contributed by atoms with Crippen molar-refractivity contribution in [1.29, 1.82) is 0 Å². The summed E-state index contributed by atoms with van der Waals surface area (Å²) >= 11 is 3.34. The molecule has 1 fully saturated rings. The van der Waals surface area contributed by atoms with Gasteiger partial charge >= 0.3 is 0 Å². The van der Waals surface area contributed by atoms with Gasteiger partial charge in [-0.2, -0.15) is 0 Å². The van der Waals surface area contributed by atoms with Crippen LogP contribution in [0.4, 0.5) is 8.78 Å². The zero-order valence-corrected chi connectivity index (χ0v) is 12.8. The Hall–Kier alpha value is -1.43. The van der Waals surface area contributed by atoms with Gasteiger partial charge in [0.15, 0.2) is 0 Å². The Kier molecular flexibility index (Phi) is 3.97. The first-order valence-electron chi connectivity index (χ1n) is 6.81. The first-order chi connectivity index (χ1) is 10.1. The van der Waals surface area contributed by atoms with Crippen LogP contribution in [0.1, 0.15) is 25.3 Å². The average Bonchev–Trinajstić information content (AvgIpc) is 2.38. The summed E-state index contributed by atoms with van der Waals surface area (Å²) in [6, 6.07) is 5.34. The average molecular weight is 358 g/mol. The lowest BCUT2D eigenvalue weighted by Gasteiger charge is -2.28. The predicted octanol–water partition coefficient (Wildman–Crippen LogP) is 4.13. The van der Waals surface area contributed by atoms with E-state index in [0.29, 0.717) is 16.5 Å². The van der Waals surface area contributed by atoms with Gasteiger partial charge in [0.05, 0.1) is 11.6 Å². The Morgan fingerprint density at radius 1 is 1.33 bits per heavy atom. The van der Waals surface area contributed by atoms with E-state index in [2.05, 4.69) is 15.9 Å². The van der Waals surface area contributed by atoms with E-state index in [9.17, 15) is 13.6 Å². The molecule has 3 rings (SSSR count). The molecule has 0 aliphatic heterocycles. The molecule has 1 aromatic heterocycles. The van der Waals surface area contributed by atoms with E-state index in [1.807, 2.05) is 0 Å². The number of halogens is 3. The largest absolute Gasteiger partial charge is 0.485 e. The Labute approximate surface area is 128 Å². The smallest absolute Gasteiger partial charge is 0.272 e. The monoisotopic (exact) mass is 357 g/mol. The van der Waals surface area contributed by atoms with Gasteiger partial charge in [0.1, 0.15) is 12.4 Å². The van der Waals surface area contributed by atoms with Crippen molar-refractivity contribution in [1.82, 2.24) is 4.57 Å². The van der Waals surface area contributed by atoms with Crippen LogP contribution in [-0.2, 0) is 0 Å². The van der Waals surface area contributed by atoms with E-state index in [1.54, 1.807) is 29.0 Å². The predicted molar refractivity (Wildman–Crippen MR) is 80.3 cm³/mol. The van der Waals surface area contributed by atoms with E-state index in [0.717, 1.165) is 23.7 Å². The maximum Gasteiger partial charge on any atom is 0.272 e. The van der Waals surface area contributed by atoms with Gasteiger partial charge in [-0.25, -0.2) is 8.78 Å². The molecule has 0 unspecified atom stereocenters. The molecule has 0 bridgehead atoms. The lowest BCUT2D eigenvalue weighted by atomic mass is 9.92. The Balaban J connectivity index is 2.14. The van der Waals surface area contributed by atoms with E-state index < -0.39 is 13.0 Å². The topological polar surface area (TPSA) is 31.2 Å². The molecule has 0 amide bonds. The summed E-state index contributed by atoms with van der Waals surface area (Å²) in [5, 5.41) is 1.06. The van der Waals surface area contributed by atoms with Gasteiger partial charge in [0, 0.05) is 15.9 Å². The molecule has 0 atom stereocenters. The summed E-state index contributed by atoms with van der Waals surface area (Å²) in [5.74, 6) is 0.337. The van der Waals surface area contributed by atoms with Crippen molar-refractivity contribution in [3.05, 3.63) is 39.2 Å². The first-order valence-corrected chi connectivity index (χ1v) is 7.61. The third-order valence-corrected chi connectivity index (χ3v) is 4.29. The standard InChI is InChI=1S/C15H14BrF2NO2/c16-9-4-5-11-12(6-9)15(20)19(10-2-1-3-10)7-13(11)21-8-14(17)18/h4-7,10,14H,1-3,8H2. The molecule has 6 heteroatoms. The molecule has 112 valence electrons. The Morgan fingerprint density at radius 3 is 2.71 bits per heavy atom. The van der Waals surface area contributed by atoms with E-state index in [1.165, 1.54) is 0 Å². The number of nitrogens with zero attached hydrogens (tertiary/aromatic N) is 1. The molecule has 0 saturated heterocycles. The van der Waals surface area contributed by atoms with Crippen LogP contribution < -0.4 is 10.3 Å². The number of rotatable bonds is 4. The van der Waals surface area contributed by atoms with Crippen molar-refractivity contribution >= 4 is 26.7 Å². The molecule has 2 aromatic rings. The molecular formula is C15H14BrF2NO2. The minimum atomic E-state index is -2.54. The highest BCUT2D eigenvalue weighted by molar-refractivity contribution is 9.10. The van der Waals surface area contributed by atoms with Gasteiger partial charge in [-0.3, -0.25) is 4.79 Å². The molecule has 1 aromatic carbocycles. The Morgan fingerprint density at radius 2 is 2.10 bits per heavy atom. The van der Waals surface area contributed by atoms with E-state index >= 15 is 0 Å². The highest BCUT2D eigenvalue weighted by atomic mass is 79.9.